The number of nitrogens with zero attached hydrogens (tertiary/aromatic N) is 2. The smallest absolute Gasteiger partial charge is 0.495 e. The van der Waals surface area contributed by atoms with Gasteiger partial charge in [-0.25, -0.2) is 8.42 Å². The molecule has 0 atom stereocenters. The number of sulfonamides is 1. The molecular formula is C4H9LiN2O2S. The van der Waals surface area contributed by atoms with Gasteiger partial charge in [0.05, 0.1) is 0 Å². The van der Waals surface area contributed by atoms with E-state index in [0.29, 0.717) is 5.71 Å². The van der Waals surface area contributed by atoms with Crippen LogP contribution in [0.4, 0.5) is 0 Å². The molecule has 54 valence electrons. The van der Waals surface area contributed by atoms with Gasteiger partial charge in [-0.3, -0.25) is 0 Å². The van der Waals surface area contributed by atoms with Crippen LogP contribution in [0.3, 0.4) is 0 Å². The van der Waals surface area contributed by atoms with Crippen LogP contribution in [0.25, 0.3) is 4.83 Å². The van der Waals surface area contributed by atoms with Crippen molar-refractivity contribution in [3.63, 3.8) is 0 Å². The molecule has 0 aliphatic heterocycles. The van der Waals surface area contributed by atoms with E-state index in [1.165, 1.54) is 0 Å². The van der Waals surface area contributed by atoms with Gasteiger partial charge in [0.2, 0.25) is 0 Å². The molecule has 0 aliphatic rings. The second kappa shape index (κ2) is 4.78. The van der Waals surface area contributed by atoms with E-state index < -0.39 is 10.0 Å². The molecule has 0 amide bonds. The molecule has 0 aromatic rings. The van der Waals surface area contributed by atoms with Crippen molar-refractivity contribution < 1.29 is 27.3 Å². The van der Waals surface area contributed by atoms with Gasteiger partial charge in [0.1, 0.15) is 10.0 Å². The number of rotatable bonds is 2. The molecule has 0 saturated heterocycles. The summed E-state index contributed by atoms with van der Waals surface area (Å²) in [6.07, 6.45) is 0.999. The Labute approximate surface area is 73.3 Å². The summed E-state index contributed by atoms with van der Waals surface area (Å²) in [5, 5.41) is 3.35. The molecule has 0 aromatic carbocycles. The fraction of sp³-hybridized carbons (Fsp3) is 0.750. The van der Waals surface area contributed by atoms with Gasteiger partial charge in [-0.15, -0.1) is 0 Å². The summed E-state index contributed by atoms with van der Waals surface area (Å²) in [6.45, 7) is 3.35. The van der Waals surface area contributed by atoms with Crippen LogP contribution < -0.4 is 18.9 Å². The van der Waals surface area contributed by atoms with E-state index in [1.807, 2.05) is 0 Å². The number of hydrogen-bond acceptors (Lipinski definition) is 3. The molecule has 0 saturated carbocycles. The molecule has 0 spiro atoms. The van der Waals surface area contributed by atoms with Crippen LogP contribution in [0, 0.1) is 0 Å². The van der Waals surface area contributed by atoms with Crippen LogP contribution in [0.1, 0.15) is 13.8 Å². The van der Waals surface area contributed by atoms with Crippen molar-refractivity contribution in [3.8, 4) is 0 Å². The third-order valence-corrected chi connectivity index (χ3v) is 0.767. The molecule has 4 nitrogen and oxygen atoms in total. The van der Waals surface area contributed by atoms with Crippen LogP contribution in [0.2, 0.25) is 0 Å². The second-order valence-corrected chi connectivity index (χ2v) is 3.49. The zero-order valence-corrected chi connectivity index (χ0v) is 7.44. The fourth-order valence-electron chi connectivity index (χ4n) is 0.156. The summed E-state index contributed by atoms with van der Waals surface area (Å²) in [7, 11) is -3.28. The first-order chi connectivity index (χ1) is 3.92. The summed E-state index contributed by atoms with van der Waals surface area (Å²) in [4.78, 5) is 3.02. The maximum absolute atomic E-state index is 10.3. The van der Waals surface area contributed by atoms with Gasteiger partial charge >= 0.3 is 18.9 Å². The fourth-order valence-corrected chi connectivity index (χ4v) is 0.467. The van der Waals surface area contributed by atoms with Crippen molar-refractivity contribution in [2.45, 2.75) is 13.8 Å². The summed E-state index contributed by atoms with van der Waals surface area (Å²) in [5.41, 5.74) is 0.625. The van der Waals surface area contributed by atoms with Crippen molar-refractivity contribution in [2.75, 3.05) is 6.26 Å². The third kappa shape index (κ3) is 10.9. The van der Waals surface area contributed by atoms with Crippen LogP contribution in [0.5, 0.6) is 0 Å². The van der Waals surface area contributed by atoms with E-state index in [1.54, 1.807) is 13.8 Å². The third-order valence-electron chi connectivity index (χ3n) is 0.389. The second-order valence-electron chi connectivity index (χ2n) is 1.86. The normalized spacial score (nSPS) is 9.50. The first kappa shape index (κ1) is 12.7. The van der Waals surface area contributed by atoms with E-state index >= 15 is 0 Å². The predicted octanol–water partition coefficient (Wildman–Crippen LogP) is -2.28. The minimum atomic E-state index is -3.28. The molecule has 0 radical (unpaired) electrons. The SMILES string of the molecule is CC(C)=N[N-]S(C)(=O)=O.[Li+]. The maximum Gasteiger partial charge on any atom is 1.00 e. The Balaban J connectivity index is 0. The molecule has 10 heavy (non-hydrogen) atoms. The molecule has 0 aliphatic carbocycles. The molecular weight excluding hydrogens is 147 g/mol. The van der Waals surface area contributed by atoms with Gasteiger partial charge in [0.25, 0.3) is 0 Å². The Bertz CT molecular complexity index is 205. The average molecular weight is 156 g/mol. The number of hydrogen-bond donors (Lipinski definition) is 0. The van der Waals surface area contributed by atoms with Gasteiger partial charge < -0.3 is 9.93 Å². The van der Waals surface area contributed by atoms with Crippen molar-refractivity contribution in [2.24, 2.45) is 5.10 Å². The van der Waals surface area contributed by atoms with Crippen molar-refractivity contribution in [3.05, 3.63) is 4.83 Å². The molecule has 0 rings (SSSR count). The Morgan fingerprint density at radius 2 is 1.80 bits per heavy atom. The Morgan fingerprint density at radius 1 is 1.40 bits per heavy atom. The summed E-state index contributed by atoms with van der Waals surface area (Å²) in [6, 6.07) is 0. The minimum absolute atomic E-state index is 0. The predicted molar refractivity (Wildman–Crippen MR) is 37.0 cm³/mol. The summed E-state index contributed by atoms with van der Waals surface area (Å²) < 4.78 is 20.5. The molecule has 0 bridgehead atoms. The minimum Gasteiger partial charge on any atom is -0.495 e. The van der Waals surface area contributed by atoms with Gasteiger partial charge in [0.15, 0.2) is 0 Å². The van der Waals surface area contributed by atoms with E-state index in [-0.39, 0.29) is 18.9 Å². The van der Waals surface area contributed by atoms with Crippen LogP contribution in [0.15, 0.2) is 5.10 Å². The maximum atomic E-state index is 10.3. The van der Waals surface area contributed by atoms with Crippen LogP contribution >= 0.6 is 0 Å². The molecule has 0 fully saturated rings. The Morgan fingerprint density at radius 3 is 1.90 bits per heavy atom. The van der Waals surface area contributed by atoms with Crippen LogP contribution in [-0.4, -0.2) is 20.4 Å². The zero-order chi connectivity index (χ0) is 7.49. The first-order valence-corrected chi connectivity index (χ1v) is 4.20. The largest absolute Gasteiger partial charge is 1.00 e. The van der Waals surface area contributed by atoms with E-state index in [4.69, 9.17) is 0 Å². The van der Waals surface area contributed by atoms with E-state index in [9.17, 15) is 8.42 Å². The van der Waals surface area contributed by atoms with Crippen molar-refractivity contribution in [1.29, 1.82) is 0 Å². The summed E-state index contributed by atoms with van der Waals surface area (Å²) >= 11 is 0. The Kier molecular flexibility index (Phi) is 6.05. The van der Waals surface area contributed by atoms with Gasteiger partial charge in [-0.1, -0.05) is 0 Å². The first-order valence-electron chi connectivity index (χ1n) is 2.35. The summed E-state index contributed by atoms with van der Waals surface area (Å²) in [5.74, 6) is 0. The van der Waals surface area contributed by atoms with E-state index in [0.717, 1.165) is 6.26 Å². The topological polar surface area (TPSA) is 60.6 Å². The van der Waals surface area contributed by atoms with Crippen LogP contribution in [-0.2, 0) is 10.0 Å². The van der Waals surface area contributed by atoms with Crippen molar-refractivity contribution >= 4 is 15.7 Å². The van der Waals surface area contributed by atoms with Gasteiger partial charge in [-0.2, -0.15) is 0 Å². The van der Waals surface area contributed by atoms with E-state index in [2.05, 4.69) is 9.93 Å². The molecule has 0 aromatic heterocycles. The average Bonchev–Trinajstić information content (AvgIpc) is 1.59. The van der Waals surface area contributed by atoms with Crippen molar-refractivity contribution in [1.82, 2.24) is 0 Å². The quantitative estimate of drug-likeness (QED) is 0.257. The molecule has 0 unspecified atom stereocenters. The molecule has 0 N–H and O–H groups in total. The Hall–Kier alpha value is 0.0174. The molecule has 0 heterocycles. The molecule has 6 heteroatoms. The zero-order valence-electron chi connectivity index (χ0n) is 6.62. The standard InChI is InChI=1S/C4H9N2O2S.Li/c1-4(2)5-6-9(3,7)8;/h1-3H3;/q-1;+1. The van der Waals surface area contributed by atoms with Gasteiger partial charge in [0, 0.05) is 6.26 Å². The van der Waals surface area contributed by atoms with Gasteiger partial charge in [-0.05, 0) is 19.6 Å². The monoisotopic (exact) mass is 156 g/mol.